The summed E-state index contributed by atoms with van der Waals surface area (Å²) >= 11 is 21.7. The quantitative estimate of drug-likeness (QED) is 0.691. The zero-order chi connectivity index (χ0) is 14.9. The van der Waals surface area contributed by atoms with Crippen molar-refractivity contribution in [1.29, 1.82) is 0 Å². The second kappa shape index (κ2) is 6.25. The summed E-state index contributed by atoms with van der Waals surface area (Å²) in [5.74, 6) is 0. The summed E-state index contributed by atoms with van der Waals surface area (Å²) in [6.45, 7) is 1.71. The van der Waals surface area contributed by atoms with E-state index in [0.717, 1.165) is 10.0 Å². The van der Waals surface area contributed by atoms with Gasteiger partial charge in [0, 0.05) is 31.5 Å². The normalized spacial score (nSPS) is 14.1. The first-order valence-corrected chi connectivity index (χ1v) is 7.84. The molecule has 0 aliphatic carbocycles. The lowest BCUT2D eigenvalue weighted by Gasteiger charge is -2.26. The summed E-state index contributed by atoms with van der Waals surface area (Å²) in [5, 5.41) is 12.4. The van der Waals surface area contributed by atoms with Crippen molar-refractivity contribution in [2.45, 2.75) is 18.9 Å². The smallest absolute Gasteiger partial charge is 0.0923 e. The van der Waals surface area contributed by atoms with Crippen molar-refractivity contribution >= 4 is 50.7 Å². The predicted molar refractivity (Wildman–Crippen MR) is 88.9 cm³/mol. The molecule has 0 spiro atoms. The molecule has 2 rings (SSSR count). The molecule has 0 aromatic heterocycles. The molecule has 5 heteroatoms. The van der Waals surface area contributed by atoms with Gasteiger partial charge in [0.2, 0.25) is 0 Å². The number of benzene rings is 2. The van der Waals surface area contributed by atoms with Crippen LogP contribution in [0.1, 0.15) is 18.1 Å². The van der Waals surface area contributed by atoms with Gasteiger partial charge >= 0.3 is 0 Å². The highest BCUT2D eigenvalue weighted by Crippen LogP contribution is 2.35. The fourth-order valence-electron chi connectivity index (χ4n) is 2.07. The highest BCUT2D eigenvalue weighted by Gasteiger charge is 2.27. The van der Waals surface area contributed by atoms with Crippen molar-refractivity contribution in [2.24, 2.45) is 0 Å². The molecule has 2 aromatic carbocycles. The van der Waals surface area contributed by atoms with E-state index in [-0.39, 0.29) is 0 Å². The lowest BCUT2D eigenvalue weighted by Crippen LogP contribution is -2.25. The summed E-state index contributed by atoms with van der Waals surface area (Å²) in [7, 11) is 0. The van der Waals surface area contributed by atoms with Gasteiger partial charge in [-0.3, -0.25) is 0 Å². The Hall–Kier alpha value is -0.250. The van der Waals surface area contributed by atoms with Gasteiger partial charge in [-0.25, -0.2) is 0 Å². The Balaban J connectivity index is 2.37. The molecule has 0 aliphatic rings. The van der Waals surface area contributed by atoms with E-state index < -0.39 is 5.60 Å². The zero-order valence-corrected chi connectivity index (χ0v) is 14.5. The van der Waals surface area contributed by atoms with Gasteiger partial charge in [-0.1, -0.05) is 56.8 Å². The van der Waals surface area contributed by atoms with Crippen molar-refractivity contribution in [2.75, 3.05) is 0 Å². The fourth-order valence-corrected chi connectivity index (χ4v) is 3.33. The Labute approximate surface area is 141 Å². The van der Waals surface area contributed by atoms with Crippen molar-refractivity contribution in [3.05, 3.63) is 67.1 Å². The van der Waals surface area contributed by atoms with Crippen molar-refractivity contribution in [3.63, 3.8) is 0 Å². The van der Waals surface area contributed by atoms with Gasteiger partial charge in [-0.15, -0.1) is 0 Å². The number of hydrogen-bond acceptors (Lipinski definition) is 1. The monoisotopic (exact) mass is 392 g/mol. The molecule has 0 amide bonds. The summed E-state index contributed by atoms with van der Waals surface area (Å²) in [5.41, 5.74) is 0.299. The number of halogens is 4. The average Bonchev–Trinajstić information content (AvgIpc) is 2.33. The topological polar surface area (TPSA) is 20.2 Å². The summed E-state index contributed by atoms with van der Waals surface area (Å²) < 4.78 is 0.864. The number of rotatable bonds is 3. The molecule has 0 saturated heterocycles. The Kier molecular flexibility index (Phi) is 5.04. The minimum absolute atomic E-state index is 0.327. The van der Waals surface area contributed by atoms with Crippen LogP contribution in [0.2, 0.25) is 15.1 Å². The van der Waals surface area contributed by atoms with E-state index in [2.05, 4.69) is 15.9 Å². The molecular formula is C15H12BrCl3O. The van der Waals surface area contributed by atoms with Gasteiger partial charge in [-0.2, -0.15) is 0 Å². The molecule has 0 heterocycles. The van der Waals surface area contributed by atoms with Crippen molar-refractivity contribution in [1.82, 2.24) is 0 Å². The molecule has 1 N–H and O–H groups in total. The standard InChI is InChI=1S/C15H12BrCl3O/c1-15(20,12-4-2-10(16)7-14(12)19)8-9-6-11(17)3-5-13(9)18/h2-7,20H,8H2,1H3. The zero-order valence-electron chi connectivity index (χ0n) is 10.6. The summed E-state index contributed by atoms with van der Waals surface area (Å²) in [6, 6.07) is 10.6. The van der Waals surface area contributed by atoms with E-state index in [9.17, 15) is 5.11 Å². The molecule has 0 radical (unpaired) electrons. The van der Waals surface area contributed by atoms with E-state index in [4.69, 9.17) is 34.8 Å². The molecule has 1 atom stereocenters. The summed E-state index contributed by atoms with van der Waals surface area (Å²) in [4.78, 5) is 0. The van der Waals surface area contributed by atoms with E-state index in [1.165, 1.54) is 0 Å². The van der Waals surface area contributed by atoms with Crippen LogP contribution in [0.4, 0.5) is 0 Å². The van der Waals surface area contributed by atoms with Crippen LogP contribution in [0, 0.1) is 0 Å². The Morgan fingerprint density at radius 1 is 1.05 bits per heavy atom. The molecule has 0 bridgehead atoms. The van der Waals surface area contributed by atoms with Crippen molar-refractivity contribution < 1.29 is 5.11 Å². The van der Waals surface area contributed by atoms with Crippen LogP contribution in [0.15, 0.2) is 40.9 Å². The van der Waals surface area contributed by atoms with Gasteiger partial charge in [0.1, 0.15) is 0 Å². The first-order valence-electron chi connectivity index (χ1n) is 5.91. The Morgan fingerprint density at radius 3 is 2.40 bits per heavy atom. The first-order chi connectivity index (χ1) is 9.29. The first kappa shape index (κ1) is 16.1. The fraction of sp³-hybridized carbons (Fsp3) is 0.200. The SMILES string of the molecule is CC(O)(Cc1cc(Cl)ccc1Cl)c1ccc(Br)cc1Cl. The summed E-state index contributed by atoms with van der Waals surface area (Å²) in [6.07, 6.45) is 0.327. The minimum atomic E-state index is -1.13. The average molecular weight is 395 g/mol. The van der Waals surface area contributed by atoms with Crippen LogP contribution < -0.4 is 0 Å². The lowest BCUT2D eigenvalue weighted by atomic mass is 9.89. The van der Waals surface area contributed by atoms with Crippen LogP contribution >= 0.6 is 50.7 Å². The van der Waals surface area contributed by atoms with Gasteiger partial charge in [0.25, 0.3) is 0 Å². The second-order valence-corrected chi connectivity index (χ2v) is 6.98. The molecular weight excluding hydrogens is 382 g/mol. The highest BCUT2D eigenvalue weighted by molar-refractivity contribution is 9.10. The molecule has 106 valence electrons. The third kappa shape index (κ3) is 3.69. The van der Waals surface area contributed by atoms with Crippen LogP contribution in [0.5, 0.6) is 0 Å². The molecule has 0 fully saturated rings. The molecule has 0 saturated carbocycles. The Bertz CT molecular complexity index is 641. The largest absolute Gasteiger partial charge is 0.385 e. The molecule has 0 aliphatic heterocycles. The number of aliphatic hydroxyl groups is 1. The van der Waals surface area contributed by atoms with E-state index in [1.807, 2.05) is 6.07 Å². The maximum Gasteiger partial charge on any atom is 0.0923 e. The predicted octanol–water partition coefficient (Wildman–Crippen LogP) is 5.86. The van der Waals surface area contributed by atoms with E-state index >= 15 is 0 Å². The van der Waals surface area contributed by atoms with Crippen LogP contribution in [-0.4, -0.2) is 5.11 Å². The number of hydrogen-bond donors (Lipinski definition) is 1. The Morgan fingerprint density at radius 2 is 1.75 bits per heavy atom. The van der Waals surface area contributed by atoms with Crippen LogP contribution in [0.3, 0.4) is 0 Å². The maximum absolute atomic E-state index is 10.7. The minimum Gasteiger partial charge on any atom is -0.385 e. The lowest BCUT2D eigenvalue weighted by molar-refractivity contribution is 0.0577. The van der Waals surface area contributed by atoms with Crippen LogP contribution in [0.25, 0.3) is 0 Å². The second-order valence-electron chi connectivity index (χ2n) is 4.81. The van der Waals surface area contributed by atoms with Gasteiger partial charge in [0.15, 0.2) is 0 Å². The van der Waals surface area contributed by atoms with Crippen molar-refractivity contribution in [3.8, 4) is 0 Å². The van der Waals surface area contributed by atoms with Gasteiger partial charge < -0.3 is 5.11 Å². The van der Waals surface area contributed by atoms with Gasteiger partial charge in [0.05, 0.1) is 5.60 Å². The highest BCUT2D eigenvalue weighted by atomic mass is 79.9. The molecule has 2 aromatic rings. The third-order valence-electron chi connectivity index (χ3n) is 3.05. The third-order valence-corrected chi connectivity index (χ3v) is 4.46. The van der Waals surface area contributed by atoms with E-state index in [0.29, 0.717) is 27.1 Å². The molecule has 1 unspecified atom stereocenters. The van der Waals surface area contributed by atoms with E-state index in [1.54, 1.807) is 37.3 Å². The maximum atomic E-state index is 10.7. The van der Waals surface area contributed by atoms with Crippen LogP contribution in [-0.2, 0) is 12.0 Å². The molecule has 20 heavy (non-hydrogen) atoms. The van der Waals surface area contributed by atoms with Gasteiger partial charge in [-0.05, 0) is 42.8 Å². The molecule has 1 nitrogen and oxygen atoms in total.